The van der Waals surface area contributed by atoms with E-state index in [1.807, 2.05) is 4.90 Å². The van der Waals surface area contributed by atoms with Crippen LogP contribution in [-0.2, 0) is 4.74 Å². The van der Waals surface area contributed by atoms with Gasteiger partial charge in [-0.25, -0.2) is 4.63 Å². The average molecular weight is 294 g/mol. The molecule has 1 aromatic rings. The minimum Gasteiger partial charge on any atom is -0.380 e. The van der Waals surface area contributed by atoms with Crippen LogP contribution in [0.1, 0.15) is 35.4 Å². The van der Waals surface area contributed by atoms with Crippen molar-refractivity contribution in [1.82, 2.24) is 20.1 Å². The number of aryl methyl sites for hydroxylation is 1. The summed E-state index contributed by atoms with van der Waals surface area (Å²) < 4.78 is 10.1. The van der Waals surface area contributed by atoms with Crippen LogP contribution < -0.4 is 0 Å². The summed E-state index contributed by atoms with van der Waals surface area (Å²) in [7, 11) is 1.70. The lowest BCUT2D eigenvalue weighted by Crippen LogP contribution is -2.43. The van der Waals surface area contributed by atoms with Crippen LogP contribution in [-0.4, -0.2) is 71.5 Å². The molecule has 21 heavy (non-hydrogen) atoms. The Labute approximate surface area is 124 Å². The van der Waals surface area contributed by atoms with Gasteiger partial charge in [0.2, 0.25) is 0 Å². The fraction of sp³-hybridized carbons (Fsp3) is 0.786. The van der Waals surface area contributed by atoms with Gasteiger partial charge in [0.1, 0.15) is 5.69 Å². The molecule has 7 nitrogen and oxygen atoms in total. The van der Waals surface area contributed by atoms with Gasteiger partial charge in [-0.15, -0.1) is 0 Å². The molecule has 0 spiro atoms. The molecule has 2 saturated heterocycles. The molecule has 7 heteroatoms. The predicted molar refractivity (Wildman–Crippen MR) is 74.9 cm³/mol. The van der Waals surface area contributed by atoms with E-state index < -0.39 is 0 Å². The van der Waals surface area contributed by atoms with Crippen LogP contribution in [0.15, 0.2) is 4.63 Å². The van der Waals surface area contributed by atoms with Crippen LogP contribution in [0.4, 0.5) is 0 Å². The van der Waals surface area contributed by atoms with Crippen LogP contribution >= 0.6 is 0 Å². The first kappa shape index (κ1) is 14.5. The summed E-state index contributed by atoms with van der Waals surface area (Å²) in [4.78, 5) is 17.0. The largest absolute Gasteiger partial charge is 0.380 e. The van der Waals surface area contributed by atoms with Crippen molar-refractivity contribution in [2.24, 2.45) is 0 Å². The Morgan fingerprint density at radius 3 is 2.76 bits per heavy atom. The Bertz CT molecular complexity index is 498. The van der Waals surface area contributed by atoms with Gasteiger partial charge in [-0.1, -0.05) is 5.16 Å². The number of hydrogen-bond acceptors (Lipinski definition) is 6. The second-order valence-corrected chi connectivity index (χ2v) is 5.91. The third-order valence-corrected chi connectivity index (χ3v) is 4.49. The lowest BCUT2D eigenvalue weighted by molar-refractivity contribution is 0.0659. The second-order valence-electron chi connectivity index (χ2n) is 5.91. The van der Waals surface area contributed by atoms with Crippen molar-refractivity contribution in [1.29, 1.82) is 0 Å². The predicted octanol–water partition coefficient (Wildman–Crippen LogP) is 0.703. The Hall–Kier alpha value is -1.47. The standard InChI is InChI=1S/C14H22N4O3/c1-10-13(16-21-15-10)14(19)18-9-12(20-2)7-11(18)8-17-5-3-4-6-17/h11-12H,3-9H2,1-2H3/t11-,12-/m0/s1. The summed E-state index contributed by atoms with van der Waals surface area (Å²) in [5.41, 5.74) is 0.860. The molecule has 3 rings (SSSR count). The summed E-state index contributed by atoms with van der Waals surface area (Å²) in [5.74, 6) is -0.0995. The van der Waals surface area contributed by atoms with E-state index in [4.69, 9.17) is 4.74 Å². The lowest BCUT2D eigenvalue weighted by Gasteiger charge is -2.27. The van der Waals surface area contributed by atoms with E-state index in [2.05, 4.69) is 19.8 Å². The van der Waals surface area contributed by atoms with E-state index in [1.54, 1.807) is 14.0 Å². The van der Waals surface area contributed by atoms with E-state index in [-0.39, 0.29) is 18.1 Å². The fourth-order valence-electron chi connectivity index (χ4n) is 3.29. The number of aromatic nitrogens is 2. The first-order chi connectivity index (χ1) is 10.2. The summed E-state index contributed by atoms with van der Waals surface area (Å²) in [5, 5.41) is 7.45. The van der Waals surface area contributed by atoms with Crippen LogP contribution in [0.5, 0.6) is 0 Å². The molecule has 0 N–H and O–H groups in total. The first-order valence-corrected chi connectivity index (χ1v) is 7.54. The minimum atomic E-state index is -0.0995. The normalized spacial score (nSPS) is 26.7. The van der Waals surface area contributed by atoms with E-state index in [9.17, 15) is 4.79 Å². The highest BCUT2D eigenvalue weighted by atomic mass is 16.6. The summed E-state index contributed by atoms with van der Waals surface area (Å²) in [6.07, 6.45) is 3.48. The van der Waals surface area contributed by atoms with Crippen molar-refractivity contribution in [3.05, 3.63) is 11.4 Å². The Balaban J connectivity index is 1.73. The molecule has 0 saturated carbocycles. The van der Waals surface area contributed by atoms with Crippen molar-refractivity contribution in [2.75, 3.05) is 33.3 Å². The van der Waals surface area contributed by atoms with Crippen molar-refractivity contribution in [2.45, 2.75) is 38.3 Å². The molecular weight excluding hydrogens is 272 g/mol. The maximum Gasteiger partial charge on any atom is 0.278 e. The monoisotopic (exact) mass is 294 g/mol. The molecule has 2 aliphatic rings. The number of nitrogens with zero attached hydrogens (tertiary/aromatic N) is 4. The SMILES string of the molecule is CO[C@H]1C[C@@H](CN2CCCC2)N(C(=O)c2nonc2C)C1. The molecule has 0 aliphatic carbocycles. The molecular formula is C14H22N4O3. The number of carbonyl (C=O) groups excluding carboxylic acids is 1. The molecule has 0 unspecified atom stereocenters. The van der Waals surface area contributed by atoms with Gasteiger partial charge in [0.25, 0.3) is 5.91 Å². The zero-order chi connectivity index (χ0) is 14.8. The topological polar surface area (TPSA) is 71.7 Å². The number of methoxy groups -OCH3 is 1. The average Bonchev–Trinajstić information content (AvgIpc) is 3.19. The van der Waals surface area contributed by atoms with Gasteiger partial charge < -0.3 is 14.5 Å². The highest BCUT2D eigenvalue weighted by molar-refractivity contribution is 5.93. The van der Waals surface area contributed by atoms with Crippen LogP contribution in [0.2, 0.25) is 0 Å². The fourth-order valence-corrected chi connectivity index (χ4v) is 3.29. The molecule has 3 heterocycles. The highest BCUT2D eigenvalue weighted by Crippen LogP contribution is 2.24. The maximum atomic E-state index is 12.7. The molecule has 0 aromatic carbocycles. The van der Waals surface area contributed by atoms with Crippen molar-refractivity contribution in [3.63, 3.8) is 0 Å². The number of rotatable bonds is 4. The van der Waals surface area contributed by atoms with E-state index in [1.165, 1.54) is 12.8 Å². The molecule has 0 radical (unpaired) electrons. The van der Waals surface area contributed by atoms with Gasteiger partial charge >= 0.3 is 0 Å². The third kappa shape index (κ3) is 2.94. The summed E-state index contributed by atoms with van der Waals surface area (Å²) in [6, 6.07) is 0.177. The van der Waals surface area contributed by atoms with Gasteiger partial charge in [0.05, 0.1) is 6.10 Å². The van der Waals surface area contributed by atoms with E-state index in [0.29, 0.717) is 17.9 Å². The maximum absolute atomic E-state index is 12.7. The summed E-state index contributed by atoms with van der Waals surface area (Å²) >= 11 is 0. The Morgan fingerprint density at radius 1 is 1.38 bits per heavy atom. The lowest BCUT2D eigenvalue weighted by atomic mass is 10.2. The van der Waals surface area contributed by atoms with Gasteiger partial charge in [0, 0.05) is 26.2 Å². The molecule has 1 aromatic heterocycles. The van der Waals surface area contributed by atoms with Gasteiger partial charge in [-0.2, -0.15) is 0 Å². The Kier molecular flexibility index (Phi) is 4.21. The van der Waals surface area contributed by atoms with Crippen LogP contribution in [0.25, 0.3) is 0 Å². The minimum absolute atomic E-state index is 0.0988. The molecule has 1 amide bonds. The highest BCUT2D eigenvalue weighted by Gasteiger charge is 2.38. The second kappa shape index (κ2) is 6.11. The van der Waals surface area contributed by atoms with E-state index >= 15 is 0 Å². The van der Waals surface area contributed by atoms with Gasteiger partial charge in [0.15, 0.2) is 5.69 Å². The number of carbonyl (C=O) groups is 1. The smallest absolute Gasteiger partial charge is 0.278 e. The zero-order valence-electron chi connectivity index (χ0n) is 12.6. The molecule has 2 aliphatic heterocycles. The molecule has 0 bridgehead atoms. The third-order valence-electron chi connectivity index (χ3n) is 4.49. The Morgan fingerprint density at radius 2 is 2.14 bits per heavy atom. The van der Waals surface area contributed by atoms with Gasteiger partial charge in [-0.05, 0) is 44.4 Å². The molecule has 116 valence electrons. The van der Waals surface area contributed by atoms with Crippen LogP contribution in [0, 0.1) is 6.92 Å². The molecule has 2 atom stereocenters. The quantitative estimate of drug-likeness (QED) is 0.814. The number of likely N-dealkylation sites (tertiary alicyclic amines) is 2. The number of amides is 1. The van der Waals surface area contributed by atoms with Crippen molar-refractivity contribution >= 4 is 5.91 Å². The van der Waals surface area contributed by atoms with Crippen LogP contribution in [0.3, 0.4) is 0 Å². The first-order valence-electron chi connectivity index (χ1n) is 7.54. The van der Waals surface area contributed by atoms with Crippen molar-refractivity contribution < 1.29 is 14.2 Å². The molecule has 2 fully saturated rings. The number of ether oxygens (including phenoxy) is 1. The number of hydrogen-bond donors (Lipinski definition) is 0. The van der Waals surface area contributed by atoms with Gasteiger partial charge in [-0.3, -0.25) is 4.79 Å². The summed E-state index contributed by atoms with van der Waals surface area (Å²) in [6.45, 7) is 5.51. The van der Waals surface area contributed by atoms with E-state index in [0.717, 1.165) is 26.1 Å². The van der Waals surface area contributed by atoms with Crippen molar-refractivity contribution in [3.8, 4) is 0 Å². The zero-order valence-corrected chi connectivity index (χ0v) is 12.6.